The van der Waals surface area contributed by atoms with Gasteiger partial charge in [0.15, 0.2) is 23.8 Å². The summed E-state index contributed by atoms with van der Waals surface area (Å²) in [6.07, 6.45) is -1.60. The number of nitrogens with one attached hydrogen (secondary N) is 21. The summed E-state index contributed by atoms with van der Waals surface area (Å²) in [6, 6.07) is 1.13. The number of carboxylic acids is 2. The number of carboxylic acid groups (broad SMARTS) is 2. The number of hydrogen-bond donors (Lipinski definition) is 35. The van der Waals surface area contributed by atoms with E-state index in [4.69, 9.17) is 67.5 Å². The number of amides is 15. The number of unbranched alkanes of at least 4 members (excludes halogenated alkanes) is 2. The van der Waals surface area contributed by atoms with Crippen molar-refractivity contribution >= 4 is 155 Å². The van der Waals surface area contributed by atoms with Gasteiger partial charge in [-0.25, -0.2) is 9.59 Å². The highest BCUT2D eigenvalue weighted by molar-refractivity contribution is 7.80. The molecule has 1 saturated heterocycles. The summed E-state index contributed by atoms with van der Waals surface area (Å²) >= 11 is 8.64. The van der Waals surface area contributed by atoms with Gasteiger partial charge in [0, 0.05) is 76.5 Å². The van der Waals surface area contributed by atoms with E-state index >= 15 is 24.0 Å². The van der Waals surface area contributed by atoms with Gasteiger partial charge >= 0.3 is 18.0 Å². The first-order valence-corrected chi connectivity index (χ1v) is 47.6. The minimum atomic E-state index is -1.82. The van der Waals surface area contributed by atoms with Crippen molar-refractivity contribution in [3.8, 4) is 11.5 Å². The maximum absolute atomic E-state index is 15.3. The van der Waals surface area contributed by atoms with Crippen LogP contribution in [-0.4, -0.2) is 292 Å². The van der Waals surface area contributed by atoms with Crippen LogP contribution in [-0.2, 0) is 91.2 Å². The van der Waals surface area contributed by atoms with Crippen LogP contribution in [0.25, 0.3) is 10.8 Å². The first kappa shape index (κ1) is 117. The van der Waals surface area contributed by atoms with Gasteiger partial charge in [-0.3, -0.25) is 88.8 Å². The number of fused-ring (bicyclic) bond motifs is 1. The van der Waals surface area contributed by atoms with Crippen molar-refractivity contribution < 1.29 is 97.1 Å². The molecular weight excluding hydrogens is 1870 g/mol. The number of hydrogen-bond acceptors (Lipinski definition) is 27. The van der Waals surface area contributed by atoms with Gasteiger partial charge in [-0.15, -0.1) is 0 Å². The van der Waals surface area contributed by atoms with Crippen LogP contribution in [0.15, 0.2) is 91.0 Å². The zero-order valence-corrected chi connectivity index (χ0v) is 80.1. The predicted octanol–water partition coefficient (Wildman–Crippen LogP) is -6.02. The fourth-order valence-electron chi connectivity index (χ4n) is 15.0. The molecule has 4 aromatic rings. The van der Waals surface area contributed by atoms with Crippen LogP contribution in [0, 0.1) is 21.6 Å². The number of rotatable bonds is 65. The molecule has 141 heavy (non-hydrogen) atoms. The summed E-state index contributed by atoms with van der Waals surface area (Å²) in [6.45, 7) is 0.350. The van der Waals surface area contributed by atoms with Gasteiger partial charge in [0.25, 0.3) is 0 Å². The lowest BCUT2D eigenvalue weighted by Crippen LogP contribution is -2.61. The van der Waals surface area contributed by atoms with Gasteiger partial charge in [-0.2, -0.15) is 25.3 Å². The molecule has 0 radical (unpaired) electrons. The fourth-order valence-corrected chi connectivity index (χ4v) is 15.5. The molecule has 1 aliphatic rings. The molecule has 0 aliphatic carbocycles. The van der Waals surface area contributed by atoms with E-state index < -0.39 is 216 Å². The number of aliphatic carboxylic acids is 2. The number of aromatic hydroxyl groups is 2. The summed E-state index contributed by atoms with van der Waals surface area (Å²) in [7, 11) is 0. The molecule has 4 aromatic carbocycles. The molecule has 41 N–H and O–H groups in total. The molecule has 776 valence electrons. The topological polar surface area (TPSA) is 865 Å². The largest absolute Gasteiger partial charge is 0.508 e. The van der Waals surface area contributed by atoms with Crippen LogP contribution in [0.3, 0.4) is 0 Å². The van der Waals surface area contributed by atoms with Gasteiger partial charge in [0.2, 0.25) is 76.8 Å². The number of carbonyl (C=O) groups excluding carboxylic acids is 14. The number of thiol groups is 2. The number of guanidine groups is 4. The third kappa shape index (κ3) is 43.8. The summed E-state index contributed by atoms with van der Waals surface area (Å²) in [5.74, 6) is -18.1. The number of likely N-dealkylation sites (tertiary alicyclic amines) is 1. The molecule has 52 heteroatoms. The maximum atomic E-state index is 15.3. The highest BCUT2D eigenvalue weighted by Crippen LogP contribution is 2.24. The maximum Gasteiger partial charge on any atom is 0.326 e. The molecule has 0 unspecified atom stereocenters. The van der Waals surface area contributed by atoms with Crippen molar-refractivity contribution in [3.63, 3.8) is 0 Å². The Hall–Kier alpha value is -14.3. The molecule has 1 heterocycles. The molecule has 1 fully saturated rings. The minimum absolute atomic E-state index is 0.00459. The lowest BCUT2D eigenvalue weighted by molar-refractivity contribution is -0.143. The van der Waals surface area contributed by atoms with Crippen molar-refractivity contribution in [1.29, 1.82) is 21.6 Å². The van der Waals surface area contributed by atoms with E-state index in [9.17, 15) is 73.2 Å². The monoisotopic (exact) mass is 2010 g/mol. The van der Waals surface area contributed by atoms with E-state index in [-0.39, 0.29) is 197 Å². The number of phenolic OH excluding ortho intramolecular Hbond substituents is 2. The zero-order chi connectivity index (χ0) is 104. The summed E-state index contributed by atoms with van der Waals surface area (Å²) in [4.78, 5) is 229. The van der Waals surface area contributed by atoms with Gasteiger partial charge in [0.1, 0.15) is 90.0 Å². The summed E-state index contributed by atoms with van der Waals surface area (Å²) < 4.78 is 0. The van der Waals surface area contributed by atoms with E-state index in [2.05, 4.69) is 116 Å². The van der Waals surface area contributed by atoms with Gasteiger partial charge < -0.3 is 162 Å². The first-order chi connectivity index (χ1) is 67.1. The minimum Gasteiger partial charge on any atom is -0.508 e. The van der Waals surface area contributed by atoms with Gasteiger partial charge in [-0.1, -0.05) is 66.7 Å². The molecular formula is C89H138N30O20S2. The molecule has 1 aliphatic heterocycles. The number of primary amides is 1. The van der Waals surface area contributed by atoms with Crippen molar-refractivity contribution in [1.82, 2.24) is 95.3 Å². The van der Waals surface area contributed by atoms with E-state index in [0.29, 0.717) is 29.5 Å². The Balaban J connectivity index is 1.45. The van der Waals surface area contributed by atoms with Crippen molar-refractivity contribution in [2.75, 3.05) is 63.9 Å². The number of nitrogens with two attached hydrogens (primary N) is 8. The first-order valence-electron chi connectivity index (χ1n) is 46.3. The van der Waals surface area contributed by atoms with Crippen LogP contribution < -0.4 is 136 Å². The lowest BCUT2D eigenvalue weighted by Gasteiger charge is -2.31. The molecule has 0 bridgehead atoms. The lowest BCUT2D eigenvalue weighted by atomic mass is 10.00. The second kappa shape index (κ2) is 62.6. The Morgan fingerprint density at radius 3 is 1.08 bits per heavy atom. The SMILES string of the molecule is N=C(N)NCCC[C@H](NC(=O)[C@H](CS)NC(=O)[C@H](CCCNC(N)=O)NC(=O)[C@H](CCCNC(=N)N)NC(=O)[C@H](Cc1ccc(O)cc1)NC(=O)[C@@H]1CCCN1C(=O)[C@@H](CCCCN)NC(=O)[C@H](CCCCN)NC(=O)[C@H](CCC(=O)O)NC(=O)[C@H](Cc1ccc(O)cc1)NC(=O)[C@H](CS)NC(=O)[C@H](Cc1ccc2ccccc2c1)NC(=O)[C@H](CCCNC(=N)N)NC(=O)[C@@H](N)CCCNC(=N)N)C(=O)O. The number of benzene rings is 4. The average molecular weight is 2010 g/mol. The molecule has 15 amide bonds. The Labute approximate surface area is 825 Å². The Morgan fingerprint density at radius 1 is 0.362 bits per heavy atom. The van der Waals surface area contributed by atoms with E-state index in [1.54, 1.807) is 24.3 Å². The average Bonchev–Trinajstić information content (AvgIpc) is 1.72. The van der Waals surface area contributed by atoms with Crippen LogP contribution in [0.5, 0.6) is 11.5 Å². The van der Waals surface area contributed by atoms with E-state index in [1.165, 1.54) is 53.4 Å². The van der Waals surface area contributed by atoms with E-state index in [1.807, 2.05) is 18.2 Å². The number of phenols is 2. The molecule has 50 nitrogen and oxygen atoms in total. The van der Waals surface area contributed by atoms with Gasteiger partial charge in [-0.05, 0) is 187 Å². The van der Waals surface area contributed by atoms with Gasteiger partial charge in [0.05, 0.1) is 6.04 Å². The Bertz CT molecular complexity index is 4900. The Morgan fingerprint density at radius 2 is 0.681 bits per heavy atom. The predicted molar refractivity (Wildman–Crippen MR) is 529 cm³/mol. The third-order valence-electron chi connectivity index (χ3n) is 22.6. The molecule has 14 atom stereocenters. The van der Waals surface area contributed by atoms with E-state index in [0.717, 1.165) is 10.8 Å². The van der Waals surface area contributed by atoms with Crippen LogP contribution in [0.1, 0.15) is 145 Å². The molecule has 0 spiro atoms. The van der Waals surface area contributed by atoms with Crippen molar-refractivity contribution in [2.45, 2.75) is 232 Å². The second-order valence-corrected chi connectivity index (χ2v) is 34.5. The van der Waals surface area contributed by atoms with Crippen LogP contribution in [0.2, 0.25) is 0 Å². The van der Waals surface area contributed by atoms with Crippen LogP contribution >= 0.6 is 25.3 Å². The van der Waals surface area contributed by atoms with Crippen molar-refractivity contribution in [2.24, 2.45) is 45.9 Å². The standard InChI is InChI=1S/C89H138N30O20S2/c90-35-5-3-16-57(108-76(129)61(33-34-70(122)123)111-77(130)64(44-49-24-29-54(120)30-25-49)115-81(134)68(48-141)118-79(132)66(46-51-23-28-52-13-1-2-14-53(52)43-51)114-74(127)58(18-8-38-103-86(95)96)107-71(124)56(92)15-7-37-102-85(93)94)73(126)112-62(17-4-6-36-91)83(136)119-42-12-22-69(119)82(135)116-65(45-50-26-31-55(121)32-27-50)78(131)110-59(19-9-39-104-87(97)98)72(125)109-60(20-10-41-106-89(101)139)75(128)117-67(47-140)80(133)113-63(84(137)138)21-11-40-105-88(99)100/h1-2,13-14,23-32,43,56-69,120-121,140-141H,3-12,15-22,33-42,44-48,90-92H2,(H,107,124)(H,108,129)(H,109,125)(H,110,131)(H,111,130)(H,112,126)(H,113,133)(H,114,127)(H,115,134)(H,116,135)(H,117,128)(H,118,132)(H,122,123)(H,137,138)(H4,93,94,102)(H4,95,96,103)(H4,97,98,104)(H4,99,100,105)(H3,101,106,139)/t56-,57-,58-,59-,60-,61-,62+,63-,64-,65-,66-,67-,68-,69-/m0/s1. The quantitative estimate of drug-likeness (QED) is 0.00847. The van der Waals surface area contributed by atoms with Crippen molar-refractivity contribution in [3.05, 3.63) is 108 Å². The normalized spacial score (nSPS) is 14.8. The number of urea groups is 1. The fraction of sp³-hybridized carbons (Fsp3) is 0.528. The molecule has 0 saturated carbocycles. The number of nitrogens with zero attached hydrogens (tertiary/aromatic N) is 1. The van der Waals surface area contributed by atoms with Crippen LogP contribution in [0.4, 0.5) is 4.79 Å². The summed E-state index contributed by atoms with van der Waals surface area (Å²) in [5, 5.41) is 116. The zero-order valence-electron chi connectivity index (χ0n) is 78.4. The highest BCUT2D eigenvalue weighted by Gasteiger charge is 2.42. The molecule has 5 rings (SSSR count). The Kier molecular flexibility index (Phi) is 52.1. The summed E-state index contributed by atoms with van der Waals surface area (Å²) in [5.41, 5.74) is 46.4. The highest BCUT2D eigenvalue weighted by atomic mass is 32.1. The third-order valence-corrected chi connectivity index (χ3v) is 23.3. The molecule has 0 aromatic heterocycles. The number of carbonyl (C=O) groups is 16. The smallest absolute Gasteiger partial charge is 0.326 e. The second-order valence-electron chi connectivity index (χ2n) is 33.7.